The largest absolute Gasteiger partial charge is 0.336 e. The first kappa shape index (κ1) is 17.0. The quantitative estimate of drug-likeness (QED) is 0.875. The van der Waals surface area contributed by atoms with E-state index in [4.69, 9.17) is 21.6 Å². The van der Waals surface area contributed by atoms with Gasteiger partial charge in [-0.15, -0.1) is 0 Å². The third-order valence-corrected chi connectivity index (χ3v) is 4.67. The summed E-state index contributed by atoms with van der Waals surface area (Å²) in [5.41, 5.74) is 2.52. The Hall–Kier alpha value is -1.88. The average molecular weight is 347 g/mol. The van der Waals surface area contributed by atoms with Gasteiger partial charge in [0.05, 0.1) is 11.4 Å². The van der Waals surface area contributed by atoms with Gasteiger partial charge in [-0.3, -0.25) is 9.98 Å². The van der Waals surface area contributed by atoms with Crippen LogP contribution < -0.4 is 5.32 Å². The Balaban J connectivity index is 1.72. The summed E-state index contributed by atoms with van der Waals surface area (Å²) in [5, 5.41) is 3.66. The van der Waals surface area contributed by atoms with Gasteiger partial charge in [0.15, 0.2) is 5.66 Å². The maximum absolute atomic E-state index is 12.1. The first-order valence-corrected chi connectivity index (χ1v) is 8.74. The molecule has 24 heavy (non-hydrogen) atoms. The number of carbonyl (C=O) groups excluding carboxylic acids is 1. The highest BCUT2D eigenvalue weighted by atomic mass is 35.5. The highest BCUT2D eigenvalue weighted by Gasteiger charge is 2.39. The lowest BCUT2D eigenvalue weighted by Gasteiger charge is -2.35. The third kappa shape index (κ3) is 3.46. The molecule has 2 amide bonds. The lowest BCUT2D eigenvalue weighted by Crippen LogP contribution is -2.49. The van der Waals surface area contributed by atoms with Gasteiger partial charge in [-0.05, 0) is 32.9 Å². The van der Waals surface area contributed by atoms with Crippen molar-refractivity contribution in [2.75, 3.05) is 13.1 Å². The second-order valence-electron chi connectivity index (χ2n) is 6.74. The minimum absolute atomic E-state index is 0.000419. The standard InChI is InChI=1S/C18H23ClN4O/c1-12(2)20-17(24)23-10-8-18(9-11-23)21-13(3)16(22-18)14-4-6-15(19)7-5-14/h4-7,12H,8-11H2,1-3H3,(H,20,24). The number of aliphatic imine (C=N–C) groups is 2. The van der Waals surface area contributed by atoms with Gasteiger partial charge in [-0.1, -0.05) is 23.7 Å². The summed E-state index contributed by atoms with van der Waals surface area (Å²) < 4.78 is 0. The number of carbonyl (C=O) groups is 1. The molecule has 1 fully saturated rings. The number of hydrogen-bond donors (Lipinski definition) is 1. The van der Waals surface area contributed by atoms with Crippen molar-refractivity contribution in [2.24, 2.45) is 9.98 Å². The maximum Gasteiger partial charge on any atom is 0.317 e. The Morgan fingerprint density at radius 2 is 1.83 bits per heavy atom. The van der Waals surface area contributed by atoms with E-state index in [0.29, 0.717) is 18.1 Å². The number of urea groups is 1. The summed E-state index contributed by atoms with van der Waals surface area (Å²) >= 11 is 5.97. The van der Waals surface area contributed by atoms with Crippen LogP contribution in [-0.2, 0) is 0 Å². The van der Waals surface area contributed by atoms with Gasteiger partial charge >= 0.3 is 6.03 Å². The predicted molar refractivity (Wildman–Crippen MR) is 98.3 cm³/mol. The molecular weight excluding hydrogens is 324 g/mol. The predicted octanol–water partition coefficient (Wildman–Crippen LogP) is 3.51. The second kappa shape index (κ2) is 6.55. The molecular formula is C18H23ClN4O. The van der Waals surface area contributed by atoms with Gasteiger partial charge in [0.1, 0.15) is 0 Å². The van der Waals surface area contributed by atoms with Gasteiger partial charge in [0.25, 0.3) is 0 Å². The molecule has 6 heteroatoms. The average Bonchev–Trinajstić information content (AvgIpc) is 2.84. The van der Waals surface area contributed by atoms with Crippen LogP contribution in [0.15, 0.2) is 34.3 Å². The molecule has 1 N–H and O–H groups in total. The Bertz CT molecular complexity index is 685. The highest BCUT2D eigenvalue weighted by molar-refractivity contribution is 6.48. The van der Waals surface area contributed by atoms with Crippen LogP contribution >= 0.6 is 11.6 Å². The Morgan fingerprint density at radius 1 is 1.21 bits per heavy atom. The lowest BCUT2D eigenvalue weighted by atomic mass is 9.98. The number of halogens is 1. The Morgan fingerprint density at radius 3 is 2.42 bits per heavy atom. The van der Waals surface area contributed by atoms with Crippen molar-refractivity contribution in [1.82, 2.24) is 10.2 Å². The fourth-order valence-electron chi connectivity index (χ4n) is 3.19. The fraction of sp³-hybridized carbons (Fsp3) is 0.500. The molecule has 0 atom stereocenters. The number of piperidine rings is 1. The summed E-state index contributed by atoms with van der Waals surface area (Å²) in [6, 6.07) is 7.84. The monoisotopic (exact) mass is 346 g/mol. The van der Waals surface area contributed by atoms with E-state index in [0.717, 1.165) is 29.8 Å². The number of amides is 2. The van der Waals surface area contributed by atoms with Crippen LogP contribution in [0.1, 0.15) is 39.2 Å². The normalized spacial score (nSPS) is 19.5. The summed E-state index contributed by atoms with van der Waals surface area (Å²) in [4.78, 5) is 23.7. The highest BCUT2D eigenvalue weighted by Crippen LogP contribution is 2.33. The number of benzene rings is 1. The van der Waals surface area contributed by atoms with Crippen molar-refractivity contribution >= 4 is 29.1 Å². The SMILES string of the molecule is CC1=NC2(CCN(C(=O)NC(C)C)CC2)N=C1c1ccc(Cl)cc1. The number of nitrogens with zero attached hydrogens (tertiary/aromatic N) is 3. The van der Waals surface area contributed by atoms with Gasteiger partial charge in [-0.2, -0.15) is 0 Å². The van der Waals surface area contributed by atoms with Crippen LogP contribution in [0.5, 0.6) is 0 Å². The van der Waals surface area contributed by atoms with Gasteiger partial charge < -0.3 is 10.2 Å². The first-order chi connectivity index (χ1) is 11.4. The minimum atomic E-state index is -0.409. The van der Waals surface area contributed by atoms with Crippen LogP contribution in [0.2, 0.25) is 5.02 Å². The van der Waals surface area contributed by atoms with Crippen LogP contribution in [0.3, 0.4) is 0 Å². The van der Waals surface area contributed by atoms with Crippen molar-refractivity contribution in [3.05, 3.63) is 34.9 Å². The van der Waals surface area contributed by atoms with Crippen molar-refractivity contribution in [3.63, 3.8) is 0 Å². The van der Waals surface area contributed by atoms with Gasteiger partial charge in [-0.25, -0.2) is 4.79 Å². The van der Waals surface area contributed by atoms with Crippen LogP contribution in [0, 0.1) is 0 Å². The van der Waals surface area contributed by atoms with Gasteiger partial charge in [0, 0.05) is 42.6 Å². The molecule has 2 aliphatic rings. The molecule has 1 aromatic carbocycles. The van der Waals surface area contributed by atoms with Crippen molar-refractivity contribution in [2.45, 2.75) is 45.3 Å². The Labute approximate surface area is 147 Å². The Kier molecular flexibility index (Phi) is 4.63. The first-order valence-electron chi connectivity index (χ1n) is 8.37. The smallest absolute Gasteiger partial charge is 0.317 e. The molecule has 0 radical (unpaired) electrons. The molecule has 0 aromatic heterocycles. The van der Waals surface area contributed by atoms with E-state index in [9.17, 15) is 4.79 Å². The molecule has 1 spiro atoms. The van der Waals surface area contributed by atoms with Crippen LogP contribution in [0.4, 0.5) is 4.79 Å². The molecule has 128 valence electrons. The van der Waals surface area contributed by atoms with Crippen molar-refractivity contribution in [1.29, 1.82) is 0 Å². The van der Waals surface area contributed by atoms with E-state index in [1.54, 1.807) is 0 Å². The van der Waals surface area contributed by atoms with E-state index < -0.39 is 5.66 Å². The van der Waals surface area contributed by atoms with Crippen molar-refractivity contribution in [3.8, 4) is 0 Å². The molecule has 2 aliphatic heterocycles. The van der Waals surface area contributed by atoms with Crippen LogP contribution in [-0.4, -0.2) is 47.1 Å². The van der Waals surface area contributed by atoms with E-state index in [-0.39, 0.29) is 12.1 Å². The van der Waals surface area contributed by atoms with E-state index >= 15 is 0 Å². The number of rotatable bonds is 2. The molecule has 1 saturated heterocycles. The van der Waals surface area contributed by atoms with E-state index in [1.165, 1.54) is 0 Å². The van der Waals surface area contributed by atoms with Crippen molar-refractivity contribution < 1.29 is 4.79 Å². The zero-order valence-electron chi connectivity index (χ0n) is 14.3. The summed E-state index contributed by atoms with van der Waals surface area (Å²) in [5.74, 6) is 0. The van der Waals surface area contributed by atoms with E-state index in [2.05, 4.69) is 5.32 Å². The summed E-state index contributed by atoms with van der Waals surface area (Å²) in [6.45, 7) is 7.28. The molecule has 1 aromatic rings. The fourth-order valence-corrected chi connectivity index (χ4v) is 3.32. The zero-order valence-corrected chi connectivity index (χ0v) is 15.1. The molecule has 3 rings (SSSR count). The molecule has 0 saturated carbocycles. The molecule has 0 unspecified atom stereocenters. The molecule has 0 bridgehead atoms. The summed E-state index contributed by atoms with van der Waals surface area (Å²) in [6.07, 6.45) is 1.51. The zero-order chi connectivity index (χ0) is 17.3. The summed E-state index contributed by atoms with van der Waals surface area (Å²) in [7, 11) is 0. The lowest BCUT2D eigenvalue weighted by molar-refractivity contribution is 0.161. The number of likely N-dealkylation sites (tertiary alicyclic amines) is 1. The topological polar surface area (TPSA) is 57.1 Å². The van der Waals surface area contributed by atoms with Gasteiger partial charge in [0.2, 0.25) is 0 Å². The third-order valence-electron chi connectivity index (χ3n) is 4.42. The van der Waals surface area contributed by atoms with Crippen LogP contribution in [0.25, 0.3) is 0 Å². The minimum Gasteiger partial charge on any atom is -0.336 e. The molecule has 5 nitrogen and oxygen atoms in total. The van der Waals surface area contributed by atoms with E-state index in [1.807, 2.05) is 49.9 Å². The number of nitrogens with one attached hydrogen (secondary N) is 1. The molecule has 0 aliphatic carbocycles. The second-order valence-corrected chi connectivity index (χ2v) is 7.17. The number of hydrogen-bond acceptors (Lipinski definition) is 3. The molecule has 2 heterocycles. The maximum atomic E-state index is 12.1.